The summed E-state index contributed by atoms with van der Waals surface area (Å²) < 4.78 is 0. The SMILES string of the molecule is C=CN=C(N)C1=C(C)CC=C1. The van der Waals surface area contributed by atoms with Crippen LogP contribution in [0.3, 0.4) is 0 Å². The Bertz CT molecular complexity index is 257. The number of allylic oxidation sites excluding steroid dienone is 2. The minimum Gasteiger partial charge on any atom is -0.383 e. The maximum absolute atomic E-state index is 5.65. The Morgan fingerprint density at radius 1 is 1.82 bits per heavy atom. The van der Waals surface area contributed by atoms with Gasteiger partial charge in [0.25, 0.3) is 0 Å². The van der Waals surface area contributed by atoms with Gasteiger partial charge in [0, 0.05) is 11.8 Å². The van der Waals surface area contributed by atoms with E-state index < -0.39 is 0 Å². The number of nitrogens with zero attached hydrogens (tertiary/aromatic N) is 1. The molecule has 1 aliphatic carbocycles. The van der Waals surface area contributed by atoms with Crippen LogP contribution in [0, 0.1) is 0 Å². The van der Waals surface area contributed by atoms with Crippen LogP contribution in [0.4, 0.5) is 0 Å². The highest BCUT2D eigenvalue weighted by atomic mass is 14.8. The van der Waals surface area contributed by atoms with Gasteiger partial charge in [-0.1, -0.05) is 24.3 Å². The van der Waals surface area contributed by atoms with Crippen LogP contribution in [0.2, 0.25) is 0 Å². The van der Waals surface area contributed by atoms with Crippen LogP contribution in [-0.2, 0) is 0 Å². The molecule has 2 nitrogen and oxygen atoms in total. The fourth-order valence-corrected chi connectivity index (χ4v) is 1.08. The lowest BCUT2D eigenvalue weighted by atomic mass is 10.1. The molecule has 0 amide bonds. The van der Waals surface area contributed by atoms with Crippen LogP contribution < -0.4 is 5.73 Å². The summed E-state index contributed by atoms with van der Waals surface area (Å²) in [7, 11) is 0. The maximum Gasteiger partial charge on any atom is 0.130 e. The third kappa shape index (κ3) is 1.58. The molecule has 58 valence electrons. The molecule has 0 fully saturated rings. The largest absolute Gasteiger partial charge is 0.383 e. The van der Waals surface area contributed by atoms with Crippen molar-refractivity contribution in [3.05, 3.63) is 36.1 Å². The molecular weight excluding hydrogens is 136 g/mol. The summed E-state index contributed by atoms with van der Waals surface area (Å²) in [5.41, 5.74) is 7.97. The average Bonchev–Trinajstić information content (AvgIpc) is 2.36. The Morgan fingerprint density at radius 3 is 3.00 bits per heavy atom. The van der Waals surface area contributed by atoms with Crippen LogP contribution in [-0.4, -0.2) is 5.84 Å². The molecule has 0 bridgehead atoms. The van der Waals surface area contributed by atoms with E-state index in [-0.39, 0.29) is 0 Å². The molecule has 0 saturated heterocycles. The molecule has 0 aromatic rings. The molecule has 1 rings (SSSR count). The van der Waals surface area contributed by atoms with Gasteiger partial charge in [-0.25, -0.2) is 4.99 Å². The van der Waals surface area contributed by atoms with Gasteiger partial charge >= 0.3 is 0 Å². The first kappa shape index (κ1) is 7.79. The van der Waals surface area contributed by atoms with Gasteiger partial charge in [0.15, 0.2) is 0 Å². The summed E-state index contributed by atoms with van der Waals surface area (Å²) in [5, 5.41) is 0. The van der Waals surface area contributed by atoms with Crippen molar-refractivity contribution in [3.63, 3.8) is 0 Å². The summed E-state index contributed by atoms with van der Waals surface area (Å²) in [5.74, 6) is 0.561. The molecule has 1 aliphatic rings. The van der Waals surface area contributed by atoms with Crippen LogP contribution in [0.1, 0.15) is 13.3 Å². The smallest absolute Gasteiger partial charge is 0.130 e. The van der Waals surface area contributed by atoms with E-state index >= 15 is 0 Å². The number of rotatable bonds is 2. The minimum atomic E-state index is 0.561. The summed E-state index contributed by atoms with van der Waals surface area (Å²) >= 11 is 0. The van der Waals surface area contributed by atoms with E-state index in [2.05, 4.69) is 24.6 Å². The number of amidine groups is 1. The van der Waals surface area contributed by atoms with Crippen molar-refractivity contribution in [3.8, 4) is 0 Å². The van der Waals surface area contributed by atoms with E-state index in [9.17, 15) is 0 Å². The molecule has 0 saturated carbocycles. The molecule has 2 N–H and O–H groups in total. The molecule has 0 aromatic carbocycles. The Morgan fingerprint density at radius 2 is 2.55 bits per heavy atom. The van der Waals surface area contributed by atoms with Crippen LogP contribution in [0.5, 0.6) is 0 Å². The molecular formula is C9H12N2. The summed E-state index contributed by atoms with van der Waals surface area (Å²) in [6, 6.07) is 0. The predicted molar refractivity (Wildman–Crippen MR) is 48.3 cm³/mol. The van der Waals surface area contributed by atoms with Crippen LogP contribution in [0.15, 0.2) is 41.1 Å². The third-order valence-electron chi connectivity index (χ3n) is 1.67. The van der Waals surface area contributed by atoms with Gasteiger partial charge in [0.2, 0.25) is 0 Å². The number of aliphatic imine (C=N–C) groups is 1. The zero-order valence-corrected chi connectivity index (χ0v) is 6.67. The molecule has 0 atom stereocenters. The standard InChI is InChI=1S/C9H12N2/c1-3-11-9(10)8-6-4-5-7(8)2/h3-4,6H,1,5H2,2H3,(H2,10,11). The van der Waals surface area contributed by atoms with Crippen molar-refractivity contribution in [2.75, 3.05) is 0 Å². The van der Waals surface area contributed by atoms with Gasteiger partial charge in [-0.05, 0) is 13.3 Å². The topological polar surface area (TPSA) is 38.4 Å². The monoisotopic (exact) mass is 148 g/mol. The first-order chi connectivity index (χ1) is 5.25. The third-order valence-corrected chi connectivity index (χ3v) is 1.67. The normalized spacial score (nSPS) is 17.7. The van der Waals surface area contributed by atoms with Gasteiger partial charge < -0.3 is 5.73 Å². The second-order valence-corrected chi connectivity index (χ2v) is 2.50. The van der Waals surface area contributed by atoms with Crippen LogP contribution in [0.25, 0.3) is 0 Å². The van der Waals surface area contributed by atoms with Crippen molar-refractivity contribution < 1.29 is 0 Å². The quantitative estimate of drug-likeness (QED) is 0.470. The summed E-state index contributed by atoms with van der Waals surface area (Å²) in [4.78, 5) is 3.91. The second-order valence-electron chi connectivity index (χ2n) is 2.50. The number of nitrogens with two attached hydrogens (primary N) is 1. The first-order valence-electron chi connectivity index (χ1n) is 3.56. The lowest BCUT2D eigenvalue weighted by Gasteiger charge is -1.99. The zero-order valence-electron chi connectivity index (χ0n) is 6.67. The van der Waals surface area contributed by atoms with Gasteiger partial charge in [0.1, 0.15) is 5.84 Å². The molecule has 0 spiro atoms. The highest BCUT2D eigenvalue weighted by Gasteiger charge is 2.06. The first-order valence-corrected chi connectivity index (χ1v) is 3.56. The lowest BCUT2D eigenvalue weighted by Crippen LogP contribution is -2.13. The molecule has 0 heterocycles. The molecule has 0 aliphatic heterocycles. The number of hydrogen-bond acceptors (Lipinski definition) is 1. The lowest BCUT2D eigenvalue weighted by molar-refractivity contribution is 1.24. The van der Waals surface area contributed by atoms with E-state index in [1.165, 1.54) is 11.8 Å². The molecule has 0 radical (unpaired) electrons. The highest BCUT2D eigenvalue weighted by Crippen LogP contribution is 2.17. The number of hydrogen-bond donors (Lipinski definition) is 1. The van der Waals surface area contributed by atoms with Gasteiger partial charge in [0.05, 0.1) is 0 Å². The molecule has 2 heteroatoms. The molecule has 0 aromatic heterocycles. The highest BCUT2D eigenvalue weighted by molar-refractivity contribution is 6.01. The Balaban J connectivity index is 2.90. The summed E-state index contributed by atoms with van der Waals surface area (Å²) in [6.45, 7) is 5.54. The van der Waals surface area contributed by atoms with E-state index in [4.69, 9.17) is 5.73 Å². The van der Waals surface area contributed by atoms with E-state index in [0.29, 0.717) is 5.84 Å². The Labute approximate surface area is 66.8 Å². The van der Waals surface area contributed by atoms with E-state index in [0.717, 1.165) is 12.0 Å². The second kappa shape index (κ2) is 3.19. The van der Waals surface area contributed by atoms with Crippen LogP contribution >= 0.6 is 0 Å². The zero-order chi connectivity index (χ0) is 8.27. The van der Waals surface area contributed by atoms with Crippen molar-refractivity contribution in [1.29, 1.82) is 0 Å². The Hall–Kier alpha value is -1.31. The minimum absolute atomic E-state index is 0.561. The fourth-order valence-electron chi connectivity index (χ4n) is 1.08. The summed E-state index contributed by atoms with van der Waals surface area (Å²) in [6.07, 6.45) is 6.53. The van der Waals surface area contributed by atoms with Crippen molar-refractivity contribution in [1.82, 2.24) is 0 Å². The Kier molecular flexibility index (Phi) is 2.26. The van der Waals surface area contributed by atoms with Crippen molar-refractivity contribution in [2.24, 2.45) is 10.7 Å². The van der Waals surface area contributed by atoms with E-state index in [1.54, 1.807) is 0 Å². The fraction of sp³-hybridized carbons (Fsp3) is 0.222. The average molecular weight is 148 g/mol. The van der Waals surface area contributed by atoms with Gasteiger partial charge in [-0.3, -0.25) is 0 Å². The van der Waals surface area contributed by atoms with Crippen molar-refractivity contribution >= 4 is 5.84 Å². The van der Waals surface area contributed by atoms with Gasteiger partial charge in [-0.2, -0.15) is 0 Å². The predicted octanol–water partition coefficient (Wildman–Crippen LogP) is 1.76. The van der Waals surface area contributed by atoms with Gasteiger partial charge in [-0.15, -0.1) is 0 Å². The molecule has 0 unspecified atom stereocenters. The van der Waals surface area contributed by atoms with Crippen molar-refractivity contribution in [2.45, 2.75) is 13.3 Å². The maximum atomic E-state index is 5.65. The molecule has 11 heavy (non-hydrogen) atoms. The van der Waals surface area contributed by atoms with E-state index in [1.807, 2.05) is 6.08 Å².